The van der Waals surface area contributed by atoms with Crippen LogP contribution in [0, 0.1) is 0 Å². The molecule has 1 heterocycles. The SMILES string of the molecule is O=C(Cn1cc(-c2ccccc2O)c2ccc(CO)cc21)c1ccccc1O. The zero-order valence-electron chi connectivity index (χ0n) is 15.0. The molecule has 5 nitrogen and oxygen atoms in total. The average Bonchev–Trinajstić information content (AvgIpc) is 3.06. The lowest BCUT2D eigenvalue weighted by Gasteiger charge is -2.07. The number of Topliss-reactive ketones (excluding diaryl/α,β-unsaturated/α-hetero) is 1. The number of para-hydroxylation sites is 2. The number of hydrogen-bond donors (Lipinski definition) is 3. The molecule has 0 unspecified atom stereocenters. The van der Waals surface area contributed by atoms with Crippen molar-refractivity contribution in [1.29, 1.82) is 0 Å². The van der Waals surface area contributed by atoms with Gasteiger partial charge in [-0.3, -0.25) is 4.79 Å². The van der Waals surface area contributed by atoms with E-state index < -0.39 is 0 Å². The van der Waals surface area contributed by atoms with Gasteiger partial charge in [-0.2, -0.15) is 0 Å². The van der Waals surface area contributed by atoms with E-state index in [9.17, 15) is 20.1 Å². The standard InChI is InChI=1S/C23H19NO4/c25-14-15-9-10-16-19(17-5-1-3-7-21(17)26)12-24(20(16)11-15)13-23(28)18-6-2-4-8-22(18)27/h1-12,25-27H,13-14H2. The Bertz CT molecular complexity index is 1180. The van der Waals surface area contributed by atoms with Crippen LogP contribution in [0.5, 0.6) is 11.5 Å². The van der Waals surface area contributed by atoms with Crippen molar-refractivity contribution < 1.29 is 20.1 Å². The molecule has 4 aromatic rings. The summed E-state index contributed by atoms with van der Waals surface area (Å²) >= 11 is 0. The third-order valence-electron chi connectivity index (χ3n) is 4.84. The van der Waals surface area contributed by atoms with Gasteiger partial charge in [0.05, 0.1) is 18.7 Å². The Labute approximate surface area is 161 Å². The van der Waals surface area contributed by atoms with Gasteiger partial charge in [-0.15, -0.1) is 0 Å². The second-order valence-corrected chi connectivity index (χ2v) is 6.64. The zero-order chi connectivity index (χ0) is 19.7. The first-order valence-corrected chi connectivity index (χ1v) is 8.90. The van der Waals surface area contributed by atoms with Crippen LogP contribution in [0.15, 0.2) is 72.9 Å². The van der Waals surface area contributed by atoms with Gasteiger partial charge in [0.15, 0.2) is 5.78 Å². The van der Waals surface area contributed by atoms with Crippen LogP contribution in [0.3, 0.4) is 0 Å². The summed E-state index contributed by atoms with van der Waals surface area (Å²) in [6.07, 6.45) is 1.82. The predicted octanol–water partition coefficient (Wildman–Crippen LogP) is 4.09. The Balaban J connectivity index is 1.85. The van der Waals surface area contributed by atoms with Crippen molar-refractivity contribution in [2.75, 3.05) is 0 Å². The smallest absolute Gasteiger partial charge is 0.186 e. The van der Waals surface area contributed by atoms with Crippen LogP contribution >= 0.6 is 0 Å². The molecule has 5 heteroatoms. The Morgan fingerprint density at radius 1 is 0.857 bits per heavy atom. The first-order chi connectivity index (χ1) is 13.6. The first kappa shape index (κ1) is 17.8. The number of fused-ring (bicyclic) bond motifs is 1. The molecule has 0 amide bonds. The van der Waals surface area contributed by atoms with Gasteiger partial charge in [-0.05, 0) is 29.8 Å². The van der Waals surface area contributed by atoms with Gasteiger partial charge in [-0.25, -0.2) is 0 Å². The van der Waals surface area contributed by atoms with E-state index in [1.807, 2.05) is 36.5 Å². The largest absolute Gasteiger partial charge is 0.507 e. The lowest BCUT2D eigenvalue weighted by Crippen LogP contribution is -2.09. The van der Waals surface area contributed by atoms with E-state index in [1.165, 1.54) is 6.07 Å². The van der Waals surface area contributed by atoms with Crippen LogP contribution in [0.4, 0.5) is 0 Å². The van der Waals surface area contributed by atoms with Gasteiger partial charge in [0.1, 0.15) is 11.5 Å². The molecule has 140 valence electrons. The van der Waals surface area contributed by atoms with Gasteiger partial charge in [-0.1, -0.05) is 42.5 Å². The number of rotatable bonds is 5. The minimum atomic E-state index is -0.228. The van der Waals surface area contributed by atoms with E-state index in [4.69, 9.17) is 0 Å². The van der Waals surface area contributed by atoms with Crippen molar-refractivity contribution in [2.24, 2.45) is 0 Å². The summed E-state index contributed by atoms with van der Waals surface area (Å²) in [7, 11) is 0. The van der Waals surface area contributed by atoms with Gasteiger partial charge in [0.25, 0.3) is 0 Å². The fourth-order valence-electron chi connectivity index (χ4n) is 3.43. The van der Waals surface area contributed by atoms with Crippen molar-refractivity contribution >= 4 is 16.7 Å². The van der Waals surface area contributed by atoms with E-state index in [1.54, 1.807) is 34.9 Å². The molecular weight excluding hydrogens is 354 g/mol. The molecular formula is C23H19NO4. The molecule has 0 aliphatic heterocycles. The summed E-state index contributed by atoms with van der Waals surface area (Å²) < 4.78 is 1.78. The summed E-state index contributed by atoms with van der Waals surface area (Å²) in [6.45, 7) is -0.0863. The molecule has 3 N–H and O–H groups in total. The fourth-order valence-corrected chi connectivity index (χ4v) is 3.43. The van der Waals surface area contributed by atoms with Crippen LogP contribution in [-0.2, 0) is 13.2 Å². The number of aliphatic hydroxyl groups is 1. The second-order valence-electron chi connectivity index (χ2n) is 6.64. The number of hydrogen-bond acceptors (Lipinski definition) is 4. The van der Waals surface area contributed by atoms with Crippen molar-refractivity contribution in [1.82, 2.24) is 4.57 Å². The van der Waals surface area contributed by atoms with E-state index in [0.717, 1.165) is 22.0 Å². The molecule has 0 saturated carbocycles. The van der Waals surface area contributed by atoms with Gasteiger partial charge < -0.3 is 19.9 Å². The number of ketones is 1. The minimum Gasteiger partial charge on any atom is -0.507 e. The first-order valence-electron chi connectivity index (χ1n) is 8.90. The highest BCUT2D eigenvalue weighted by Gasteiger charge is 2.17. The summed E-state index contributed by atoms with van der Waals surface area (Å²) in [5, 5.41) is 30.6. The Morgan fingerprint density at radius 2 is 1.57 bits per heavy atom. The number of phenols is 2. The highest BCUT2D eigenvalue weighted by Crippen LogP contribution is 2.36. The molecule has 0 saturated heterocycles. The van der Waals surface area contributed by atoms with Crippen molar-refractivity contribution in [3.8, 4) is 22.6 Å². The van der Waals surface area contributed by atoms with Crippen LogP contribution < -0.4 is 0 Å². The number of benzene rings is 3. The van der Waals surface area contributed by atoms with E-state index in [0.29, 0.717) is 5.56 Å². The molecule has 0 radical (unpaired) electrons. The molecule has 0 atom stereocenters. The number of aromatic nitrogens is 1. The monoisotopic (exact) mass is 373 g/mol. The molecule has 1 aromatic heterocycles. The normalized spacial score (nSPS) is 11.0. The second kappa shape index (κ2) is 7.21. The number of carbonyl (C=O) groups excluding carboxylic acids is 1. The van der Waals surface area contributed by atoms with Crippen LogP contribution in [-0.4, -0.2) is 25.7 Å². The molecule has 0 fully saturated rings. The van der Waals surface area contributed by atoms with E-state index in [2.05, 4.69) is 0 Å². The van der Waals surface area contributed by atoms with Gasteiger partial charge in [0, 0.05) is 28.2 Å². The van der Waals surface area contributed by atoms with Gasteiger partial charge >= 0.3 is 0 Å². The average molecular weight is 373 g/mol. The number of aliphatic hydroxyl groups excluding tert-OH is 1. The Hall–Kier alpha value is -3.57. The maximum atomic E-state index is 12.8. The summed E-state index contributed by atoms with van der Waals surface area (Å²) in [5.74, 6) is -0.131. The van der Waals surface area contributed by atoms with Gasteiger partial charge in [0.2, 0.25) is 0 Å². The highest BCUT2D eigenvalue weighted by molar-refractivity contribution is 6.01. The zero-order valence-corrected chi connectivity index (χ0v) is 15.0. The quantitative estimate of drug-likeness (QED) is 0.460. The summed E-state index contributed by atoms with van der Waals surface area (Å²) in [4.78, 5) is 12.8. The number of aromatic hydroxyl groups is 2. The molecule has 0 aliphatic rings. The highest BCUT2D eigenvalue weighted by atomic mass is 16.3. The lowest BCUT2D eigenvalue weighted by atomic mass is 10.0. The molecule has 28 heavy (non-hydrogen) atoms. The number of nitrogens with zero attached hydrogens (tertiary/aromatic N) is 1. The van der Waals surface area contributed by atoms with E-state index in [-0.39, 0.29) is 36.0 Å². The number of carbonyl (C=O) groups is 1. The molecule has 0 bridgehead atoms. The Morgan fingerprint density at radius 3 is 2.29 bits per heavy atom. The third-order valence-corrected chi connectivity index (χ3v) is 4.84. The van der Waals surface area contributed by atoms with Crippen molar-refractivity contribution in [3.63, 3.8) is 0 Å². The number of phenolic OH excluding ortho intramolecular Hbond substituents is 2. The summed E-state index contributed by atoms with van der Waals surface area (Å²) in [6, 6.07) is 19.0. The topological polar surface area (TPSA) is 82.7 Å². The summed E-state index contributed by atoms with van der Waals surface area (Å²) in [5.41, 5.74) is 3.21. The molecule has 0 spiro atoms. The fraction of sp³-hybridized carbons (Fsp3) is 0.0870. The minimum absolute atomic E-state index is 0.0244. The maximum Gasteiger partial charge on any atom is 0.186 e. The lowest BCUT2D eigenvalue weighted by molar-refractivity contribution is 0.0971. The molecule has 3 aromatic carbocycles. The third kappa shape index (κ3) is 3.12. The van der Waals surface area contributed by atoms with Crippen LogP contribution in [0.2, 0.25) is 0 Å². The van der Waals surface area contributed by atoms with E-state index >= 15 is 0 Å². The Kier molecular flexibility index (Phi) is 4.59. The molecule has 4 rings (SSSR count). The van der Waals surface area contributed by atoms with Crippen LogP contribution in [0.25, 0.3) is 22.0 Å². The van der Waals surface area contributed by atoms with Crippen molar-refractivity contribution in [2.45, 2.75) is 13.2 Å². The van der Waals surface area contributed by atoms with Crippen molar-refractivity contribution in [3.05, 3.63) is 84.1 Å². The molecule has 0 aliphatic carbocycles. The predicted molar refractivity (Wildman–Crippen MR) is 107 cm³/mol. The van der Waals surface area contributed by atoms with Crippen LogP contribution in [0.1, 0.15) is 15.9 Å². The maximum absolute atomic E-state index is 12.8.